The Kier molecular flexibility index (Phi) is 5.80. The molecule has 1 fully saturated rings. The number of likely N-dealkylation sites (N-methyl/N-ethyl adjacent to an activating group) is 1. The Morgan fingerprint density at radius 1 is 1.41 bits per heavy atom. The Hall–Kier alpha value is -1.26. The lowest BCUT2D eigenvalue weighted by Crippen LogP contribution is -2.39. The molecule has 0 atom stereocenters. The first-order valence-electron chi connectivity index (χ1n) is 6.41. The van der Waals surface area contributed by atoms with Crippen molar-refractivity contribution in [1.82, 2.24) is 4.90 Å². The summed E-state index contributed by atoms with van der Waals surface area (Å²) in [6.07, 6.45) is 6.70. The lowest BCUT2D eigenvalue weighted by molar-refractivity contribution is -0.131. The second-order valence-corrected chi connectivity index (χ2v) is 4.71. The lowest BCUT2D eigenvalue weighted by atomic mass is 9.86. The standard InChI is InChI=1S/C12H23N3O2/c1-2-15(9-11(13)14-17)12(16)8-10-6-4-3-5-7-10/h10,17H,2-9H2,1H3,(H2,13,14). The van der Waals surface area contributed by atoms with Gasteiger partial charge in [-0.05, 0) is 25.7 Å². The summed E-state index contributed by atoms with van der Waals surface area (Å²) in [5.41, 5.74) is 5.43. The maximum Gasteiger partial charge on any atom is 0.223 e. The first-order valence-corrected chi connectivity index (χ1v) is 6.41. The van der Waals surface area contributed by atoms with Gasteiger partial charge in [0.15, 0.2) is 5.84 Å². The van der Waals surface area contributed by atoms with Crippen molar-refractivity contribution in [3.8, 4) is 0 Å². The molecule has 0 aromatic heterocycles. The van der Waals surface area contributed by atoms with Crippen LogP contribution >= 0.6 is 0 Å². The molecule has 0 aromatic rings. The highest BCUT2D eigenvalue weighted by molar-refractivity contribution is 5.86. The first kappa shape index (κ1) is 13.8. The summed E-state index contributed by atoms with van der Waals surface area (Å²) in [5, 5.41) is 11.4. The van der Waals surface area contributed by atoms with Crippen molar-refractivity contribution >= 4 is 11.7 Å². The van der Waals surface area contributed by atoms with Gasteiger partial charge in [0.1, 0.15) is 0 Å². The molecule has 0 heterocycles. The topological polar surface area (TPSA) is 78.9 Å². The van der Waals surface area contributed by atoms with Crippen LogP contribution in [-0.4, -0.2) is 34.9 Å². The summed E-state index contributed by atoms with van der Waals surface area (Å²) < 4.78 is 0. The maximum atomic E-state index is 12.0. The van der Waals surface area contributed by atoms with E-state index in [0.717, 1.165) is 12.8 Å². The molecule has 17 heavy (non-hydrogen) atoms. The van der Waals surface area contributed by atoms with E-state index in [1.54, 1.807) is 4.90 Å². The molecule has 0 radical (unpaired) electrons. The zero-order valence-corrected chi connectivity index (χ0v) is 10.6. The Morgan fingerprint density at radius 2 is 2.06 bits per heavy atom. The van der Waals surface area contributed by atoms with Crippen LogP contribution in [0, 0.1) is 5.92 Å². The SMILES string of the molecule is CCN(CC(N)=NO)C(=O)CC1CCCCC1. The molecule has 5 heteroatoms. The van der Waals surface area contributed by atoms with Gasteiger partial charge in [0.2, 0.25) is 5.91 Å². The smallest absolute Gasteiger partial charge is 0.223 e. The highest BCUT2D eigenvalue weighted by Crippen LogP contribution is 2.26. The average Bonchev–Trinajstić information content (AvgIpc) is 2.36. The van der Waals surface area contributed by atoms with E-state index >= 15 is 0 Å². The molecule has 1 aliphatic rings. The summed E-state index contributed by atoms with van der Waals surface area (Å²) >= 11 is 0. The van der Waals surface area contributed by atoms with E-state index in [1.807, 2.05) is 6.92 Å². The van der Waals surface area contributed by atoms with E-state index in [2.05, 4.69) is 5.16 Å². The van der Waals surface area contributed by atoms with Crippen LogP contribution in [0.2, 0.25) is 0 Å². The number of nitrogens with zero attached hydrogens (tertiary/aromatic N) is 2. The molecule has 0 bridgehead atoms. The number of oxime groups is 1. The number of carbonyl (C=O) groups excluding carboxylic acids is 1. The number of hydrogen-bond donors (Lipinski definition) is 2. The third-order valence-corrected chi connectivity index (χ3v) is 3.40. The van der Waals surface area contributed by atoms with E-state index in [9.17, 15) is 4.79 Å². The van der Waals surface area contributed by atoms with Crippen LogP contribution < -0.4 is 5.73 Å². The molecule has 5 nitrogen and oxygen atoms in total. The zero-order chi connectivity index (χ0) is 12.7. The van der Waals surface area contributed by atoms with Crippen LogP contribution in [0.3, 0.4) is 0 Å². The number of rotatable bonds is 5. The lowest BCUT2D eigenvalue weighted by Gasteiger charge is -2.25. The minimum absolute atomic E-state index is 0.0869. The van der Waals surface area contributed by atoms with E-state index in [0.29, 0.717) is 18.9 Å². The third-order valence-electron chi connectivity index (χ3n) is 3.40. The summed E-state index contributed by atoms with van der Waals surface area (Å²) in [6, 6.07) is 0. The fourth-order valence-corrected chi connectivity index (χ4v) is 2.37. The third kappa shape index (κ3) is 4.63. The molecular formula is C12H23N3O2. The summed E-state index contributed by atoms with van der Waals surface area (Å²) in [6.45, 7) is 2.73. The first-order chi connectivity index (χ1) is 8.17. The van der Waals surface area contributed by atoms with Gasteiger partial charge >= 0.3 is 0 Å². The fraction of sp³-hybridized carbons (Fsp3) is 0.833. The minimum Gasteiger partial charge on any atom is -0.409 e. The van der Waals surface area contributed by atoms with Crippen molar-refractivity contribution < 1.29 is 10.0 Å². The number of amidine groups is 1. The highest BCUT2D eigenvalue weighted by Gasteiger charge is 2.20. The molecule has 3 N–H and O–H groups in total. The number of nitrogens with two attached hydrogens (primary N) is 1. The maximum absolute atomic E-state index is 12.0. The molecule has 0 unspecified atom stereocenters. The largest absolute Gasteiger partial charge is 0.409 e. The van der Waals surface area contributed by atoms with Crippen LogP contribution in [0.1, 0.15) is 45.4 Å². The molecular weight excluding hydrogens is 218 g/mol. The van der Waals surface area contributed by atoms with Crippen LogP contribution in [-0.2, 0) is 4.79 Å². The normalized spacial score (nSPS) is 18.1. The molecule has 1 rings (SSSR count). The average molecular weight is 241 g/mol. The van der Waals surface area contributed by atoms with Crippen molar-refractivity contribution in [1.29, 1.82) is 0 Å². The molecule has 0 saturated heterocycles. The number of carbonyl (C=O) groups is 1. The summed E-state index contributed by atoms with van der Waals surface area (Å²) in [7, 11) is 0. The molecule has 0 aliphatic heterocycles. The van der Waals surface area contributed by atoms with Gasteiger partial charge in [0.25, 0.3) is 0 Å². The second kappa shape index (κ2) is 7.14. The van der Waals surface area contributed by atoms with Gasteiger partial charge < -0.3 is 15.8 Å². The Morgan fingerprint density at radius 3 is 2.59 bits per heavy atom. The molecule has 0 spiro atoms. The fourth-order valence-electron chi connectivity index (χ4n) is 2.37. The molecule has 1 amide bonds. The van der Waals surface area contributed by atoms with E-state index in [1.165, 1.54) is 19.3 Å². The van der Waals surface area contributed by atoms with Gasteiger partial charge in [-0.2, -0.15) is 0 Å². The van der Waals surface area contributed by atoms with Crippen molar-refractivity contribution in [2.24, 2.45) is 16.8 Å². The Bertz CT molecular complexity index is 273. The van der Waals surface area contributed by atoms with E-state index in [4.69, 9.17) is 10.9 Å². The van der Waals surface area contributed by atoms with Gasteiger partial charge in [-0.3, -0.25) is 4.79 Å². The minimum atomic E-state index is 0.0869. The zero-order valence-electron chi connectivity index (χ0n) is 10.6. The predicted octanol–water partition coefficient (Wildman–Crippen LogP) is 1.55. The Labute approximate surface area is 103 Å². The van der Waals surface area contributed by atoms with Crippen molar-refractivity contribution in [2.75, 3.05) is 13.1 Å². The quantitative estimate of drug-likeness (QED) is 0.332. The van der Waals surface area contributed by atoms with Crippen LogP contribution in [0.25, 0.3) is 0 Å². The predicted molar refractivity (Wildman–Crippen MR) is 66.9 cm³/mol. The second-order valence-electron chi connectivity index (χ2n) is 4.71. The molecule has 98 valence electrons. The molecule has 0 aromatic carbocycles. The van der Waals surface area contributed by atoms with Crippen LogP contribution in [0.15, 0.2) is 5.16 Å². The molecule has 1 saturated carbocycles. The Balaban J connectivity index is 2.42. The van der Waals surface area contributed by atoms with Crippen LogP contribution in [0.4, 0.5) is 0 Å². The van der Waals surface area contributed by atoms with E-state index < -0.39 is 0 Å². The van der Waals surface area contributed by atoms with Gasteiger partial charge in [-0.1, -0.05) is 24.4 Å². The van der Waals surface area contributed by atoms with Gasteiger partial charge in [0, 0.05) is 13.0 Å². The van der Waals surface area contributed by atoms with Gasteiger partial charge in [-0.25, -0.2) is 0 Å². The van der Waals surface area contributed by atoms with Crippen LogP contribution in [0.5, 0.6) is 0 Å². The van der Waals surface area contributed by atoms with Gasteiger partial charge in [-0.15, -0.1) is 0 Å². The van der Waals surface area contributed by atoms with Gasteiger partial charge in [0.05, 0.1) is 6.54 Å². The van der Waals surface area contributed by atoms with Crippen molar-refractivity contribution in [3.05, 3.63) is 0 Å². The van der Waals surface area contributed by atoms with Crippen molar-refractivity contribution in [2.45, 2.75) is 45.4 Å². The number of hydrogen-bond acceptors (Lipinski definition) is 3. The number of amides is 1. The highest BCUT2D eigenvalue weighted by atomic mass is 16.4. The van der Waals surface area contributed by atoms with Crippen molar-refractivity contribution in [3.63, 3.8) is 0 Å². The van der Waals surface area contributed by atoms with E-state index in [-0.39, 0.29) is 18.3 Å². The molecule has 1 aliphatic carbocycles. The summed E-state index contributed by atoms with van der Waals surface area (Å²) in [5.74, 6) is 0.729. The summed E-state index contributed by atoms with van der Waals surface area (Å²) in [4.78, 5) is 13.7. The monoisotopic (exact) mass is 241 g/mol.